The molecular formula is C18H20BrNO3. The summed E-state index contributed by atoms with van der Waals surface area (Å²) in [5.41, 5.74) is 1.92. The molecule has 0 aliphatic rings. The Bertz CT molecular complexity index is 673. The van der Waals surface area contributed by atoms with Gasteiger partial charge in [-0.25, -0.2) is 0 Å². The van der Waals surface area contributed by atoms with Gasteiger partial charge in [0.1, 0.15) is 0 Å². The molecular weight excluding hydrogens is 358 g/mol. The molecule has 0 saturated carbocycles. The molecule has 1 N–H and O–H groups in total. The van der Waals surface area contributed by atoms with E-state index in [1.807, 2.05) is 49.4 Å². The Hall–Kier alpha value is -2.01. The predicted molar refractivity (Wildman–Crippen MR) is 93.9 cm³/mol. The molecule has 0 aliphatic heterocycles. The number of nitrogens with one attached hydrogen (secondary N) is 1. The lowest BCUT2D eigenvalue weighted by atomic mass is 10.1. The number of amides is 1. The average molecular weight is 378 g/mol. The molecule has 4 nitrogen and oxygen atoms in total. The van der Waals surface area contributed by atoms with Crippen LogP contribution in [0.15, 0.2) is 46.9 Å². The van der Waals surface area contributed by atoms with Gasteiger partial charge in [-0.05, 0) is 30.2 Å². The number of carbonyl (C=O) groups excluding carboxylic acids is 1. The monoisotopic (exact) mass is 377 g/mol. The zero-order chi connectivity index (χ0) is 16.8. The lowest BCUT2D eigenvalue weighted by Gasteiger charge is -2.16. The first-order valence-corrected chi connectivity index (χ1v) is 8.09. The van der Waals surface area contributed by atoms with Crippen LogP contribution in [-0.2, 0) is 11.2 Å². The van der Waals surface area contributed by atoms with E-state index in [1.54, 1.807) is 14.2 Å². The topological polar surface area (TPSA) is 47.6 Å². The van der Waals surface area contributed by atoms with Gasteiger partial charge in [-0.2, -0.15) is 0 Å². The molecule has 0 spiro atoms. The van der Waals surface area contributed by atoms with Gasteiger partial charge < -0.3 is 14.8 Å². The van der Waals surface area contributed by atoms with Gasteiger partial charge in [0.2, 0.25) is 5.91 Å². The highest BCUT2D eigenvalue weighted by molar-refractivity contribution is 9.10. The highest BCUT2D eigenvalue weighted by atomic mass is 79.9. The highest BCUT2D eigenvalue weighted by Crippen LogP contribution is 2.33. The van der Waals surface area contributed by atoms with Crippen LogP contribution in [0.25, 0.3) is 0 Å². The normalized spacial score (nSPS) is 11.7. The van der Waals surface area contributed by atoms with Gasteiger partial charge in [0, 0.05) is 4.47 Å². The molecule has 5 heteroatoms. The quantitative estimate of drug-likeness (QED) is 0.830. The number of rotatable bonds is 6. The minimum Gasteiger partial charge on any atom is -0.493 e. The average Bonchev–Trinajstić information content (AvgIpc) is 2.56. The molecule has 122 valence electrons. The highest BCUT2D eigenvalue weighted by Gasteiger charge is 2.14. The van der Waals surface area contributed by atoms with E-state index in [0.29, 0.717) is 11.5 Å². The Morgan fingerprint density at radius 2 is 1.74 bits per heavy atom. The molecule has 2 aromatic carbocycles. The molecule has 2 rings (SSSR count). The summed E-state index contributed by atoms with van der Waals surface area (Å²) >= 11 is 3.48. The molecule has 1 unspecified atom stereocenters. The zero-order valence-electron chi connectivity index (χ0n) is 13.4. The van der Waals surface area contributed by atoms with Crippen molar-refractivity contribution in [3.63, 3.8) is 0 Å². The van der Waals surface area contributed by atoms with Crippen molar-refractivity contribution in [2.75, 3.05) is 14.2 Å². The van der Waals surface area contributed by atoms with Crippen LogP contribution >= 0.6 is 15.9 Å². The first kappa shape index (κ1) is 17.3. The van der Waals surface area contributed by atoms with Crippen molar-refractivity contribution in [2.45, 2.75) is 19.4 Å². The Morgan fingerprint density at radius 1 is 1.13 bits per heavy atom. The van der Waals surface area contributed by atoms with Crippen LogP contribution in [0.4, 0.5) is 0 Å². The first-order chi connectivity index (χ1) is 11.0. The SMILES string of the molecule is COc1cc(Br)c(CC(=O)NC(C)c2ccccc2)cc1OC. The number of ether oxygens (including phenoxy) is 2. The molecule has 0 fully saturated rings. The van der Waals surface area contributed by atoms with Crippen molar-refractivity contribution in [1.82, 2.24) is 5.32 Å². The second-order valence-electron chi connectivity index (χ2n) is 5.18. The molecule has 0 aliphatic carbocycles. The van der Waals surface area contributed by atoms with E-state index < -0.39 is 0 Å². The summed E-state index contributed by atoms with van der Waals surface area (Å²) in [6, 6.07) is 13.5. The smallest absolute Gasteiger partial charge is 0.224 e. The molecule has 1 amide bonds. The molecule has 23 heavy (non-hydrogen) atoms. The summed E-state index contributed by atoms with van der Waals surface area (Å²) in [5.74, 6) is 1.19. The van der Waals surface area contributed by atoms with Crippen LogP contribution in [0, 0.1) is 0 Å². The number of hydrogen-bond acceptors (Lipinski definition) is 3. The van der Waals surface area contributed by atoms with Gasteiger partial charge in [-0.1, -0.05) is 46.3 Å². The second kappa shape index (κ2) is 8.02. The van der Waals surface area contributed by atoms with Gasteiger partial charge in [0.05, 0.1) is 26.7 Å². The molecule has 0 saturated heterocycles. The third-order valence-corrected chi connectivity index (χ3v) is 4.32. The lowest BCUT2D eigenvalue weighted by molar-refractivity contribution is -0.121. The summed E-state index contributed by atoms with van der Waals surface area (Å²) in [4.78, 5) is 12.3. The summed E-state index contributed by atoms with van der Waals surface area (Å²) in [5, 5.41) is 3.01. The Labute approximate surface area is 144 Å². The van der Waals surface area contributed by atoms with E-state index >= 15 is 0 Å². The maximum atomic E-state index is 12.3. The van der Waals surface area contributed by atoms with Crippen molar-refractivity contribution < 1.29 is 14.3 Å². The number of hydrogen-bond donors (Lipinski definition) is 1. The molecule has 0 radical (unpaired) electrons. The van der Waals surface area contributed by atoms with E-state index in [0.717, 1.165) is 15.6 Å². The van der Waals surface area contributed by atoms with Crippen molar-refractivity contribution in [2.24, 2.45) is 0 Å². The van der Waals surface area contributed by atoms with Crippen LogP contribution < -0.4 is 14.8 Å². The number of methoxy groups -OCH3 is 2. The third kappa shape index (κ3) is 4.48. The van der Waals surface area contributed by atoms with Crippen LogP contribution in [0.1, 0.15) is 24.1 Å². The first-order valence-electron chi connectivity index (χ1n) is 7.30. The molecule has 0 bridgehead atoms. The van der Waals surface area contributed by atoms with E-state index in [4.69, 9.17) is 9.47 Å². The number of carbonyl (C=O) groups is 1. The molecule has 0 heterocycles. The fourth-order valence-electron chi connectivity index (χ4n) is 2.32. The van der Waals surface area contributed by atoms with Gasteiger partial charge in [-0.3, -0.25) is 4.79 Å². The second-order valence-corrected chi connectivity index (χ2v) is 6.03. The summed E-state index contributed by atoms with van der Waals surface area (Å²) in [7, 11) is 3.16. The van der Waals surface area contributed by atoms with Gasteiger partial charge >= 0.3 is 0 Å². The van der Waals surface area contributed by atoms with E-state index in [-0.39, 0.29) is 18.4 Å². The minimum atomic E-state index is -0.0470. The maximum absolute atomic E-state index is 12.3. The standard InChI is InChI=1S/C18H20BrNO3/c1-12(13-7-5-4-6-8-13)20-18(21)10-14-9-16(22-2)17(23-3)11-15(14)19/h4-9,11-12H,10H2,1-3H3,(H,20,21). The molecule has 0 aromatic heterocycles. The van der Waals surface area contributed by atoms with E-state index in [9.17, 15) is 4.79 Å². The maximum Gasteiger partial charge on any atom is 0.224 e. The Morgan fingerprint density at radius 3 is 2.35 bits per heavy atom. The molecule has 1 atom stereocenters. The Balaban J connectivity index is 2.08. The largest absolute Gasteiger partial charge is 0.493 e. The Kier molecular flexibility index (Phi) is 6.04. The number of halogens is 1. The van der Waals surface area contributed by atoms with Crippen LogP contribution in [0.5, 0.6) is 11.5 Å². The van der Waals surface area contributed by atoms with Crippen molar-refractivity contribution in [3.05, 3.63) is 58.1 Å². The molecule has 2 aromatic rings. The van der Waals surface area contributed by atoms with Crippen molar-refractivity contribution in [1.29, 1.82) is 0 Å². The fourth-order valence-corrected chi connectivity index (χ4v) is 2.78. The van der Waals surface area contributed by atoms with Crippen LogP contribution in [0.3, 0.4) is 0 Å². The summed E-state index contributed by atoms with van der Waals surface area (Å²) in [6.07, 6.45) is 0.262. The fraction of sp³-hybridized carbons (Fsp3) is 0.278. The van der Waals surface area contributed by atoms with Crippen LogP contribution in [-0.4, -0.2) is 20.1 Å². The van der Waals surface area contributed by atoms with Crippen LogP contribution in [0.2, 0.25) is 0 Å². The van der Waals surface area contributed by atoms with E-state index in [2.05, 4.69) is 21.2 Å². The van der Waals surface area contributed by atoms with Gasteiger partial charge in [-0.15, -0.1) is 0 Å². The van der Waals surface area contributed by atoms with Crippen molar-refractivity contribution >= 4 is 21.8 Å². The van der Waals surface area contributed by atoms with Crippen molar-refractivity contribution in [3.8, 4) is 11.5 Å². The minimum absolute atomic E-state index is 0.0392. The van der Waals surface area contributed by atoms with Gasteiger partial charge in [0.25, 0.3) is 0 Å². The lowest BCUT2D eigenvalue weighted by Crippen LogP contribution is -2.28. The number of benzene rings is 2. The van der Waals surface area contributed by atoms with E-state index in [1.165, 1.54) is 0 Å². The third-order valence-electron chi connectivity index (χ3n) is 3.58. The summed E-state index contributed by atoms with van der Waals surface area (Å²) < 4.78 is 11.3. The predicted octanol–water partition coefficient (Wildman–Crippen LogP) is 3.89. The van der Waals surface area contributed by atoms with Gasteiger partial charge in [0.15, 0.2) is 11.5 Å². The zero-order valence-corrected chi connectivity index (χ0v) is 15.0. The summed E-state index contributed by atoms with van der Waals surface area (Å²) in [6.45, 7) is 1.97.